The van der Waals surface area contributed by atoms with Crippen molar-refractivity contribution in [3.8, 4) is 0 Å². The molecule has 1 amide bonds. The Hall–Kier alpha value is -1.78. The second-order valence-electron chi connectivity index (χ2n) is 4.29. The molecule has 0 saturated heterocycles. The normalized spacial score (nSPS) is 10.2. The van der Waals surface area contributed by atoms with E-state index in [1.165, 1.54) is 0 Å². The molecular formula is C15H12ClNO2S. The third-order valence-corrected chi connectivity index (χ3v) is 3.66. The van der Waals surface area contributed by atoms with E-state index in [0.717, 1.165) is 5.56 Å². The van der Waals surface area contributed by atoms with Gasteiger partial charge in [0.25, 0.3) is 11.7 Å². The van der Waals surface area contributed by atoms with Crippen molar-refractivity contribution in [2.24, 2.45) is 0 Å². The standard InChI is InChI=1S/C15H12ClNO2S/c1-9-5-7-10(8-6-9)14(18)15(19)17-11-3-2-4-12(20)13(11)16/h2-8,20H,1H3,(H,17,19). The molecule has 2 aromatic rings. The number of Topliss-reactive ketones (excluding diaryl/α,β-unsaturated/α-hetero) is 1. The lowest BCUT2D eigenvalue weighted by Crippen LogP contribution is -2.23. The minimum absolute atomic E-state index is 0.306. The van der Waals surface area contributed by atoms with E-state index >= 15 is 0 Å². The van der Waals surface area contributed by atoms with Gasteiger partial charge in [0, 0.05) is 10.5 Å². The fraction of sp³-hybridized carbons (Fsp3) is 0.0667. The van der Waals surface area contributed by atoms with E-state index in [-0.39, 0.29) is 0 Å². The van der Waals surface area contributed by atoms with Crippen LogP contribution in [0.2, 0.25) is 5.02 Å². The predicted octanol–water partition coefficient (Wildman–Crippen LogP) is 3.76. The molecule has 5 heteroatoms. The zero-order chi connectivity index (χ0) is 14.7. The number of amides is 1. The van der Waals surface area contributed by atoms with Crippen molar-refractivity contribution in [2.75, 3.05) is 5.32 Å². The Bertz CT molecular complexity index is 668. The monoisotopic (exact) mass is 305 g/mol. The van der Waals surface area contributed by atoms with Crippen molar-refractivity contribution in [2.45, 2.75) is 11.8 Å². The molecule has 1 N–H and O–H groups in total. The second kappa shape index (κ2) is 6.11. The highest BCUT2D eigenvalue weighted by atomic mass is 35.5. The fourth-order valence-electron chi connectivity index (χ4n) is 1.63. The van der Waals surface area contributed by atoms with Gasteiger partial charge in [0.05, 0.1) is 10.7 Å². The molecule has 0 atom stereocenters. The van der Waals surface area contributed by atoms with E-state index in [0.29, 0.717) is 21.2 Å². The number of anilines is 1. The maximum Gasteiger partial charge on any atom is 0.296 e. The minimum atomic E-state index is -0.727. The highest BCUT2D eigenvalue weighted by molar-refractivity contribution is 7.80. The van der Waals surface area contributed by atoms with Gasteiger partial charge in [-0.05, 0) is 19.1 Å². The summed E-state index contributed by atoms with van der Waals surface area (Å²) in [6.07, 6.45) is 0. The molecular weight excluding hydrogens is 294 g/mol. The van der Waals surface area contributed by atoms with Crippen molar-refractivity contribution < 1.29 is 9.59 Å². The first kappa shape index (κ1) is 14.6. The lowest BCUT2D eigenvalue weighted by Gasteiger charge is -2.08. The molecule has 0 bridgehead atoms. The molecule has 0 aliphatic carbocycles. The molecule has 20 heavy (non-hydrogen) atoms. The van der Waals surface area contributed by atoms with Gasteiger partial charge < -0.3 is 5.32 Å². The number of nitrogens with one attached hydrogen (secondary N) is 1. The summed E-state index contributed by atoms with van der Waals surface area (Å²) in [5.74, 6) is -1.33. The van der Waals surface area contributed by atoms with Gasteiger partial charge in [-0.1, -0.05) is 47.5 Å². The molecule has 0 radical (unpaired) electrons. The van der Waals surface area contributed by atoms with E-state index in [4.69, 9.17) is 11.6 Å². The van der Waals surface area contributed by atoms with Gasteiger partial charge in [-0.3, -0.25) is 9.59 Å². The van der Waals surface area contributed by atoms with Crippen LogP contribution in [0.1, 0.15) is 15.9 Å². The fourth-order valence-corrected chi connectivity index (χ4v) is 2.01. The Morgan fingerprint density at radius 2 is 1.75 bits per heavy atom. The Balaban J connectivity index is 2.18. The van der Waals surface area contributed by atoms with E-state index in [1.54, 1.807) is 42.5 Å². The van der Waals surface area contributed by atoms with Gasteiger partial charge in [-0.15, -0.1) is 12.6 Å². The highest BCUT2D eigenvalue weighted by Crippen LogP contribution is 2.28. The average Bonchev–Trinajstić information content (AvgIpc) is 2.44. The zero-order valence-electron chi connectivity index (χ0n) is 10.7. The molecule has 3 nitrogen and oxygen atoms in total. The summed E-state index contributed by atoms with van der Waals surface area (Å²) in [6.45, 7) is 1.91. The molecule has 0 fully saturated rings. The molecule has 0 aromatic heterocycles. The number of carbonyl (C=O) groups excluding carboxylic acids is 2. The molecule has 0 aliphatic rings. The van der Waals surface area contributed by atoms with Gasteiger partial charge in [-0.25, -0.2) is 0 Å². The molecule has 0 saturated carbocycles. The van der Waals surface area contributed by atoms with Crippen molar-refractivity contribution in [1.29, 1.82) is 0 Å². The van der Waals surface area contributed by atoms with E-state index in [1.807, 2.05) is 6.92 Å². The molecule has 0 aliphatic heterocycles. The Labute approximate surface area is 127 Å². The van der Waals surface area contributed by atoms with E-state index in [2.05, 4.69) is 17.9 Å². The number of hydrogen-bond acceptors (Lipinski definition) is 3. The van der Waals surface area contributed by atoms with Crippen LogP contribution in [-0.4, -0.2) is 11.7 Å². The molecule has 0 unspecified atom stereocenters. The number of ketones is 1. The smallest absolute Gasteiger partial charge is 0.296 e. The van der Waals surface area contributed by atoms with Crippen LogP contribution in [0, 0.1) is 6.92 Å². The summed E-state index contributed by atoms with van der Waals surface area (Å²) in [5.41, 5.74) is 1.73. The van der Waals surface area contributed by atoms with E-state index < -0.39 is 11.7 Å². The van der Waals surface area contributed by atoms with Crippen LogP contribution in [0.5, 0.6) is 0 Å². The highest BCUT2D eigenvalue weighted by Gasteiger charge is 2.17. The molecule has 2 rings (SSSR count). The van der Waals surface area contributed by atoms with Crippen molar-refractivity contribution in [1.82, 2.24) is 0 Å². The maximum absolute atomic E-state index is 12.0. The first-order chi connectivity index (χ1) is 9.49. The number of rotatable bonds is 3. The predicted molar refractivity (Wildman–Crippen MR) is 82.8 cm³/mol. The number of carbonyl (C=O) groups is 2. The number of hydrogen-bond donors (Lipinski definition) is 2. The van der Waals surface area contributed by atoms with Crippen LogP contribution in [0.25, 0.3) is 0 Å². The lowest BCUT2D eigenvalue weighted by atomic mass is 10.1. The van der Waals surface area contributed by atoms with Crippen LogP contribution >= 0.6 is 24.2 Å². The average molecular weight is 306 g/mol. The topological polar surface area (TPSA) is 46.2 Å². The number of halogens is 1. The van der Waals surface area contributed by atoms with Gasteiger partial charge >= 0.3 is 0 Å². The van der Waals surface area contributed by atoms with Crippen LogP contribution < -0.4 is 5.32 Å². The maximum atomic E-state index is 12.0. The van der Waals surface area contributed by atoms with Crippen molar-refractivity contribution in [3.63, 3.8) is 0 Å². The van der Waals surface area contributed by atoms with Gasteiger partial charge in [0.1, 0.15) is 0 Å². The summed E-state index contributed by atoms with van der Waals surface area (Å²) in [7, 11) is 0. The minimum Gasteiger partial charge on any atom is -0.318 e. The van der Waals surface area contributed by atoms with Crippen molar-refractivity contribution >= 4 is 41.6 Å². The van der Waals surface area contributed by atoms with Gasteiger partial charge in [0.2, 0.25) is 0 Å². The van der Waals surface area contributed by atoms with Crippen LogP contribution in [0.3, 0.4) is 0 Å². The molecule has 102 valence electrons. The van der Waals surface area contributed by atoms with Crippen LogP contribution in [0.15, 0.2) is 47.4 Å². The summed E-state index contributed by atoms with van der Waals surface area (Å²) in [6, 6.07) is 11.8. The summed E-state index contributed by atoms with van der Waals surface area (Å²) in [5, 5.41) is 2.80. The molecule has 2 aromatic carbocycles. The zero-order valence-corrected chi connectivity index (χ0v) is 12.3. The Kier molecular flexibility index (Phi) is 4.47. The van der Waals surface area contributed by atoms with E-state index in [9.17, 15) is 9.59 Å². The third kappa shape index (κ3) is 3.21. The molecule has 0 heterocycles. The van der Waals surface area contributed by atoms with Crippen LogP contribution in [0.4, 0.5) is 5.69 Å². The number of benzene rings is 2. The molecule has 0 spiro atoms. The summed E-state index contributed by atoms with van der Waals surface area (Å²) in [4.78, 5) is 24.4. The largest absolute Gasteiger partial charge is 0.318 e. The summed E-state index contributed by atoms with van der Waals surface area (Å²) >= 11 is 10.2. The number of aryl methyl sites for hydroxylation is 1. The second-order valence-corrected chi connectivity index (χ2v) is 5.15. The summed E-state index contributed by atoms with van der Waals surface area (Å²) < 4.78 is 0. The quantitative estimate of drug-likeness (QED) is 0.515. The first-order valence-electron chi connectivity index (χ1n) is 5.89. The Morgan fingerprint density at radius 1 is 1.10 bits per heavy atom. The Morgan fingerprint density at radius 3 is 2.40 bits per heavy atom. The first-order valence-corrected chi connectivity index (χ1v) is 6.71. The number of thiol groups is 1. The van der Waals surface area contributed by atoms with Crippen LogP contribution in [-0.2, 0) is 4.79 Å². The third-order valence-electron chi connectivity index (χ3n) is 2.75. The lowest BCUT2D eigenvalue weighted by molar-refractivity contribution is -0.112. The van der Waals surface area contributed by atoms with Crippen molar-refractivity contribution in [3.05, 3.63) is 58.6 Å². The SMILES string of the molecule is Cc1ccc(C(=O)C(=O)Nc2cccc(S)c2Cl)cc1. The van der Waals surface area contributed by atoms with Gasteiger partial charge in [0.15, 0.2) is 0 Å². The van der Waals surface area contributed by atoms with Gasteiger partial charge in [-0.2, -0.15) is 0 Å².